The van der Waals surface area contributed by atoms with Crippen molar-refractivity contribution in [3.63, 3.8) is 0 Å². The Morgan fingerprint density at radius 2 is 2.19 bits per heavy atom. The molecule has 2 heterocycles. The van der Waals surface area contributed by atoms with Gasteiger partial charge >= 0.3 is 6.18 Å². The van der Waals surface area contributed by atoms with E-state index in [-0.39, 0.29) is 10.8 Å². The summed E-state index contributed by atoms with van der Waals surface area (Å²) < 4.78 is 43.4. The number of H-pyrrole nitrogens is 1. The highest BCUT2D eigenvalue weighted by atomic mass is 32.2. The van der Waals surface area contributed by atoms with Crippen molar-refractivity contribution in [3.05, 3.63) is 45.1 Å². The fourth-order valence-corrected chi connectivity index (χ4v) is 2.50. The molecular weight excluding hydrogens is 307 g/mol. The van der Waals surface area contributed by atoms with E-state index in [4.69, 9.17) is 9.78 Å². The number of alkyl halides is 3. The van der Waals surface area contributed by atoms with E-state index in [0.29, 0.717) is 17.5 Å². The first kappa shape index (κ1) is 15.2. The summed E-state index contributed by atoms with van der Waals surface area (Å²) in [6.45, 7) is 1.70. The molecule has 0 saturated carbocycles. The van der Waals surface area contributed by atoms with Gasteiger partial charge in [-0.15, -0.1) is 0 Å². The van der Waals surface area contributed by atoms with Crippen LogP contribution in [0.1, 0.15) is 22.6 Å². The Hall–Kier alpha value is -2.21. The topological polar surface area (TPSA) is 82.7 Å². The van der Waals surface area contributed by atoms with E-state index < -0.39 is 22.9 Å². The lowest BCUT2D eigenvalue weighted by atomic mass is 10.1. The van der Waals surface area contributed by atoms with Crippen LogP contribution in [0.4, 0.5) is 13.2 Å². The minimum atomic E-state index is -4.77. The van der Waals surface area contributed by atoms with E-state index in [1.165, 1.54) is 6.07 Å². The fourth-order valence-electron chi connectivity index (χ4n) is 1.61. The van der Waals surface area contributed by atoms with Crippen molar-refractivity contribution in [1.29, 1.82) is 5.26 Å². The number of aryl methyl sites for hydroxylation is 1. The number of thioether (sulfide) groups is 1. The predicted octanol–water partition coefficient (Wildman–Crippen LogP) is 2.85. The van der Waals surface area contributed by atoms with Gasteiger partial charge in [-0.05, 0) is 6.92 Å². The molecule has 9 heteroatoms. The molecule has 2 aromatic heterocycles. The predicted molar refractivity (Wildman–Crippen MR) is 67.6 cm³/mol. The first-order chi connectivity index (χ1) is 9.81. The SMILES string of the molecule is Cc1cc(CSc2[nH]c(=O)cc(C(F)(F)F)c2C#N)on1. The Balaban J connectivity index is 2.37. The molecular formula is C12H8F3N3O2S. The summed E-state index contributed by atoms with van der Waals surface area (Å²) in [5.74, 6) is 0.576. The maximum Gasteiger partial charge on any atom is 0.417 e. The van der Waals surface area contributed by atoms with Crippen molar-refractivity contribution in [2.24, 2.45) is 0 Å². The largest absolute Gasteiger partial charge is 0.417 e. The van der Waals surface area contributed by atoms with Crippen LogP contribution in [0.25, 0.3) is 0 Å². The maximum atomic E-state index is 12.8. The molecule has 5 nitrogen and oxygen atoms in total. The quantitative estimate of drug-likeness (QED) is 0.881. The van der Waals surface area contributed by atoms with Crippen LogP contribution in [0.2, 0.25) is 0 Å². The molecule has 0 spiro atoms. The van der Waals surface area contributed by atoms with E-state index in [1.54, 1.807) is 13.0 Å². The summed E-state index contributed by atoms with van der Waals surface area (Å²) in [6.07, 6.45) is -4.77. The number of halogens is 3. The molecule has 1 N–H and O–H groups in total. The molecule has 0 aliphatic rings. The summed E-state index contributed by atoms with van der Waals surface area (Å²) in [6, 6.07) is 3.47. The molecule has 21 heavy (non-hydrogen) atoms. The molecule has 0 unspecified atom stereocenters. The third-order valence-electron chi connectivity index (χ3n) is 2.46. The average molecular weight is 315 g/mol. The Bertz CT molecular complexity index is 758. The third kappa shape index (κ3) is 3.46. The van der Waals surface area contributed by atoms with Crippen molar-refractivity contribution in [3.8, 4) is 6.07 Å². The molecule has 0 aliphatic heterocycles. The molecule has 0 amide bonds. The second-order valence-electron chi connectivity index (χ2n) is 4.08. The van der Waals surface area contributed by atoms with E-state index in [1.807, 2.05) is 0 Å². The van der Waals surface area contributed by atoms with Gasteiger partial charge in [0.15, 0.2) is 0 Å². The Morgan fingerprint density at radius 3 is 2.71 bits per heavy atom. The van der Waals surface area contributed by atoms with Gasteiger partial charge in [-0.3, -0.25) is 4.79 Å². The van der Waals surface area contributed by atoms with E-state index in [0.717, 1.165) is 11.8 Å². The van der Waals surface area contributed by atoms with Crippen molar-refractivity contribution < 1.29 is 17.7 Å². The molecule has 2 aromatic rings. The van der Waals surface area contributed by atoms with Gasteiger partial charge in [0.1, 0.15) is 11.8 Å². The van der Waals surface area contributed by atoms with Crippen molar-refractivity contribution >= 4 is 11.8 Å². The van der Waals surface area contributed by atoms with Gasteiger partial charge in [-0.2, -0.15) is 18.4 Å². The second kappa shape index (κ2) is 5.65. The molecule has 0 fully saturated rings. The van der Waals surface area contributed by atoms with Gasteiger partial charge in [0.2, 0.25) is 5.56 Å². The molecule has 0 bridgehead atoms. The molecule has 2 rings (SSSR count). The number of rotatable bonds is 3. The third-order valence-corrected chi connectivity index (χ3v) is 3.49. The van der Waals surface area contributed by atoms with Crippen LogP contribution in [-0.4, -0.2) is 10.1 Å². The lowest BCUT2D eigenvalue weighted by Gasteiger charge is -2.10. The van der Waals surface area contributed by atoms with Crippen molar-refractivity contribution in [2.75, 3.05) is 0 Å². The first-order valence-electron chi connectivity index (χ1n) is 5.61. The Kier molecular flexibility index (Phi) is 4.09. The van der Waals surface area contributed by atoms with Gasteiger partial charge in [-0.25, -0.2) is 0 Å². The number of nitriles is 1. The number of nitrogens with zero attached hydrogens (tertiary/aromatic N) is 2. The zero-order valence-electron chi connectivity index (χ0n) is 10.6. The molecule has 0 aliphatic carbocycles. The lowest BCUT2D eigenvalue weighted by molar-refractivity contribution is -0.138. The zero-order chi connectivity index (χ0) is 15.6. The standard InChI is InChI=1S/C12H8F3N3O2S/c1-6-2-7(20-18-6)5-21-11-8(4-16)9(12(13,14)15)3-10(19)17-11/h2-3H,5H2,1H3,(H,17,19). The van der Waals surface area contributed by atoms with Crippen LogP contribution in [0.5, 0.6) is 0 Å². The summed E-state index contributed by atoms with van der Waals surface area (Å²) in [4.78, 5) is 13.6. The van der Waals surface area contributed by atoms with E-state index >= 15 is 0 Å². The minimum Gasteiger partial charge on any atom is -0.360 e. The van der Waals surface area contributed by atoms with E-state index in [9.17, 15) is 18.0 Å². The highest BCUT2D eigenvalue weighted by Crippen LogP contribution is 2.34. The maximum absolute atomic E-state index is 12.8. The number of aromatic nitrogens is 2. The van der Waals surface area contributed by atoms with Gasteiger partial charge < -0.3 is 9.51 Å². The fraction of sp³-hybridized carbons (Fsp3) is 0.250. The highest BCUT2D eigenvalue weighted by molar-refractivity contribution is 7.98. The smallest absolute Gasteiger partial charge is 0.360 e. The number of hydrogen-bond acceptors (Lipinski definition) is 5. The van der Waals surface area contributed by atoms with Crippen LogP contribution >= 0.6 is 11.8 Å². The summed E-state index contributed by atoms with van der Waals surface area (Å²) in [5, 5.41) is 12.4. The summed E-state index contributed by atoms with van der Waals surface area (Å²) in [5.41, 5.74) is -2.14. The second-order valence-corrected chi connectivity index (χ2v) is 5.07. The molecule has 0 atom stereocenters. The van der Waals surface area contributed by atoms with Crippen molar-refractivity contribution in [1.82, 2.24) is 10.1 Å². The number of pyridine rings is 1. The first-order valence-corrected chi connectivity index (χ1v) is 6.59. The van der Waals surface area contributed by atoms with Crippen LogP contribution in [0.15, 0.2) is 26.5 Å². The van der Waals surface area contributed by atoms with Crippen LogP contribution < -0.4 is 5.56 Å². The number of aromatic amines is 1. The van der Waals surface area contributed by atoms with Gasteiger partial charge in [0.05, 0.1) is 27.6 Å². The summed E-state index contributed by atoms with van der Waals surface area (Å²) in [7, 11) is 0. The highest BCUT2D eigenvalue weighted by Gasteiger charge is 2.35. The lowest BCUT2D eigenvalue weighted by Crippen LogP contribution is -2.17. The summed E-state index contributed by atoms with van der Waals surface area (Å²) >= 11 is 0.871. The van der Waals surface area contributed by atoms with Crippen LogP contribution in [0.3, 0.4) is 0 Å². The Labute approximate surface area is 120 Å². The van der Waals surface area contributed by atoms with Crippen LogP contribution in [-0.2, 0) is 11.9 Å². The van der Waals surface area contributed by atoms with E-state index in [2.05, 4.69) is 10.1 Å². The van der Waals surface area contributed by atoms with Crippen molar-refractivity contribution in [2.45, 2.75) is 23.9 Å². The number of nitrogens with one attached hydrogen (secondary N) is 1. The normalized spacial score (nSPS) is 11.4. The average Bonchev–Trinajstić information content (AvgIpc) is 2.80. The molecule has 0 saturated heterocycles. The molecule has 0 aromatic carbocycles. The molecule has 110 valence electrons. The van der Waals surface area contributed by atoms with Crippen LogP contribution in [0, 0.1) is 18.3 Å². The van der Waals surface area contributed by atoms with Gasteiger partial charge in [0.25, 0.3) is 0 Å². The Morgan fingerprint density at radius 1 is 1.48 bits per heavy atom. The van der Waals surface area contributed by atoms with Gasteiger partial charge in [0, 0.05) is 12.1 Å². The molecule has 0 radical (unpaired) electrons. The van der Waals surface area contributed by atoms with Gasteiger partial charge in [-0.1, -0.05) is 16.9 Å². The monoisotopic (exact) mass is 315 g/mol. The zero-order valence-corrected chi connectivity index (χ0v) is 11.4. The number of hydrogen-bond donors (Lipinski definition) is 1. The minimum absolute atomic E-state index is 0.146.